The second-order valence-corrected chi connectivity index (χ2v) is 6.70. The van der Waals surface area contributed by atoms with Crippen LogP contribution in [0.4, 0.5) is 4.39 Å². The van der Waals surface area contributed by atoms with Crippen LogP contribution >= 0.6 is 0 Å². The number of unbranched alkanes of at least 4 members (excludes halogenated alkanes) is 1. The molecule has 0 atom stereocenters. The molecule has 0 fully saturated rings. The van der Waals surface area contributed by atoms with E-state index in [4.69, 9.17) is 0 Å². The number of amides is 1. The van der Waals surface area contributed by atoms with Crippen molar-refractivity contribution in [1.29, 1.82) is 0 Å². The van der Waals surface area contributed by atoms with Crippen LogP contribution in [0.5, 0.6) is 0 Å². The number of carbonyl (C=O) groups excluding carboxylic acids is 1. The largest absolute Gasteiger partial charge is 0.345 e. The Morgan fingerprint density at radius 2 is 1.85 bits per heavy atom. The van der Waals surface area contributed by atoms with E-state index in [-0.39, 0.29) is 11.7 Å². The Balaban J connectivity index is 1.78. The molecule has 0 radical (unpaired) electrons. The van der Waals surface area contributed by atoms with Gasteiger partial charge in [0.1, 0.15) is 5.82 Å². The number of halogens is 1. The van der Waals surface area contributed by atoms with Crippen molar-refractivity contribution in [1.82, 2.24) is 9.47 Å². The van der Waals surface area contributed by atoms with Crippen LogP contribution in [0.3, 0.4) is 0 Å². The minimum Gasteiger partial charge on any atom is -0.345 e. The summed E-state index contributed by atoms with van der Waals surface area (Å²) < 4.78 is 15.6. The lowest BCUT2D eigenvalue weighted by Crippen LogP contribution is -2.32. The summed E-state index contributed by atoms with van der Waals surface area (Å²) in [5.41, 5.74) is 2.65. The summed E-state index contributed by atoms with van der Waals surface area (Å²) in [5.74, 6) is -0.187. The molecule has 1 heterocycles. The molecule has 1 amide bonds. The second kappa shape index (κ2) is 9.17. The first-order valence-electron chi connectivity index (χ1n) is 9.40. The molecule has 3 aromatic rings. The van der Waals surface area contributed by atoms with Crippen LogP contribution < -0.4 is 0 Å². The van der Waals surface area contributed by atoms with Crippen molar-refractivity contribution in [3.8, 4) is 0 Å². The van der Waals surface area contributed by atoms with Gasteiger partial charge in [-0.05, 0) is 48.4 Å². The van der Waals surface area contributed by atoms with Gasteiger partial charge in [0, 0.05) is 30.5 Å². The standard InChI is InChI=1S/C23H25FN2O/c1-2-3-14-26(23(27)20-10-5-4-6-11-20)18-22-13-8-15-25(22)17-19-9-7-12-21(24)16-19/h4-13,15-16H,2-3,14,17-18H2,1H3. The molecule has 0 aliphatic rings. The van der Waals surface area contributed by atoms with Crippen molar-refractivity contribution in [3.05, 3.63) is 95.6 Å². The van der Waals surface area contributed by atoms with Gasteiger partial charge in [-0.3, -0.25) is 4.79 Å². The van der Waals surface area contributed by atoms with Gasteiger partial charge in [-0.15, -0.1) is 0 Å². The van der Waals surface area contributed by atoms with Crippen LogP contribution in [0.25, 0.3) is 0 Å². The van der Waals surface area contributed by atoms with Gasteiger partial charge in [0.15, 0.2) is 0 Å². The summed E-state index contributed by atoms with van der Waals surface area (Å²) >= 11 is 0. The summed E-state index contributed by atoms with van der Waals surface area (Å²) in [6.45, 7) is 3.96. The third-order valence-electron chi connectivity index (χ3n) is 4.61. The lowest BCUT2D eigenvalue weighted by Gasteiger charge is -2.24. The number of hydrogen-bond acceptors (Lipinski definition) is 1. The second-order valence-electron chi connectivity index (χ2n) is 6.70. The molecule has 0 spiro atoms. The van der Waals surface area contributed by atoms with E-state index in [2.05, 4.69) is 11.5 Å². The molecule has 4 heteroatoms. The Hall–Kier alpha value is -2.88. The highest BCUT2D eigenvalue weighted by Gasteiger charge is 2.17. The van der Waals surface area contributed by atoms with E-state index in [1.807, 2.05) is 59.6 Å². The van der Waals surface area contributed by atoms with Crippen LogP contribution in [0.1, 0.15) is 41.4 Å². The summed E-state index contributed by atoms with van der Waals surface area (Å²) in [6.07, 6.45) is 3.97. The third-order valence-corrected chi connectivity index (χ3v) is 4.61. The van der Waals surface area contributed by atoms with E-state index in [0.29, 0.717) is 18.7 Å². The van der Waals surface area contributed by atoms with E-state index < -0.39 is 0 Å². The molecule has 27 heavy (non-hydrogen) atoms. The zero-order valence-electron chi connectivity index (χ0n) is 15.6. The topological polar surface area (TPSA) is 25.2 Å². The zero-order chi connectivity index (χ0) is 19.1. The van der Waals surface area contributed by atoms with Gasteiger partial charge in [-0.1, -0.05) is 43.7 Å². The minimum absolute atomic E-state index is 0.0440. The number of benzene rings is 2. The van der Waals surface area contributed by atoms with Gasteiger partial charge < -0.3 is 9.47 Å². The highest BCUT2D eigenvalue weighted by molar-refractivity contribution is 5.94. The molecule has 0 saturated carbocycles. The molecule has 0 aliphatic carbocycles. The van der Waals surface area contributed by atoms with Gasteiger partial charge >= 0.3 is 0 Å². The quantitative estimate of drug-likeness (QED) is 0.545. The van der Waals surface area contributed by atoms with E-state index >= 15 is 0 Å². The summed E-state index contributed by atoms with van der Waals surface area (Å²) in [6, 6.07) is 20.0. The maximum absolute atomic E-state index is 13.5. The Morgan fingerprint density at radius 3 is 2.59 bits per heavy atom. The number of carbonyl (C=O) groups is 1. The Morgan fingerprint density at radius 1 is 1.04 bits per heavy atom. The average Bonchev–Trinajstić information content (AvgIpc) is 3.12. The maximum atomic E-state index is 13.5. The van der Waals surface area contributed by atoms with E-state index in [1.165, 1.54) is 6.07 Å². The smallest absolute Gasteiger partial charge is 0.254 e. The van der Waals surface area contributed by atoms with Gasteiger partial charge in [-0.25, -0.2) is 4.39 Å². The predicted octanol–water partition coefficient (Wildman–Crippen LogP) is 5.12. The SMILES string of the molecule is CCCCN(Cc1cccn1Cc1cccc(F)c1)C(=O)c1ccccc1. The molecule has 3 rings (SSSR count). The normalized spacial score (nSPS) is 10.7. The summed E-state index contributed by atoms with van der Waals surface area (Å²) in [7, 11) is 0. The summed E-state index contributed by atoms with van der Waals surface area (Å²) in [5, 5.41) is 0. The highest BCUT2D eigenvalue weighted by atomic mass is 19.1. The molecule has 140 valence electrons. The number of rotatable bonds is 8. The fraction of sp³-hybridized carbons (Fsp3) is 0.261. The van der Waals surface area contributed by atoms with E-state index in [1.54, 1.807) is 12.1 Å². The Bertz CT molecular complexity index is 873. The monoisotopic (exact) mass is 364 g/mol. The fourth-order valence-corrected chi connectivity index (χ4v) is 3.14. The first-order valence-corrected chi connectivity index (χ1v) is 9.40. The molecule has 2 aromatic carbocycles. The van der Waals surface area contributed by atoms with Crippen molar-refractivity contribution in [3.63, 3.8) is 0 Å². The van der Waals surface area contributed by atoms with Crippen molar-refractivity contribution in [2.45, 2.75) is 32.9 Å². The highest BCUT2D eigenvalue weighted by Crippen LogP contribution is 2.14. The molecule has 0 unspecified atom stereocenters. The van der Waals surface area contributed by atoms with Gasteiger partial charge in [0.2, 0.25) is 0 Å². The van der Waals surface area contributed by atoms with Crippen LogP contribution in [0.2, 0.25) is 0 Å². The minimum atomic E-state index is -0.231. The molecule has 0 saturated heterocycles. The molecular weight excluding hydrogens is 339 g/mol. The van der Waals surface area contributed by atoms with Crippen LogP contribution in [-0.4, -0.2) is 21.9 Å². The van der Waals surface area contributed by atoms with Gasteiger partial charge in [-0.2, -0.15) is 0 Å². The Labute approximate surface area is 160 Å². The van der Waals surface area contributed by atoms with Gasteiger partial charge in [0.25, 0.3) is 5.91 Å². The number of nitrogens with zero attached hydrogens (tertiary/aromatic N) is 2. The number of aromatic nitrogens is 1. The van der Waals surface area contributed by atoms with Crippen molar-refractivity contribution in [2.75, 3.05) is 6.54 Å². The molecular formula is C23H25FN2O. The lowest BCUT2D eigenvalue weighted by molar-refractivity contribution is 0.0737. The summed E-state index contributed by atoms with van der Waals surface area (Å²) in [4.78, 5) is 14.9. The molecule has 0 aliphatic heterocycles. The predicted molar refractivity (Wildman–Crippen MR) is 106 cm³/mol. The molecule has 0 bridgehead atoms. The lowest BCUT2D eigenvalue weighted by atomic mass is 10.1. The third kappa shape index (κ3) is 5.07. The fourth-order valence-electron chi connectivity index (χ4n) is 3.14. The molecule has 3 nitrogen and oxygen atoms in total. The number of hydrogen-bond donors (Lipinski definition) is 0. The first-order chi connectivity index (χ1) is 13.2. The van der Waals surface area contributed by atoms with Crippen LogP contribution in [0.15, 0.2) is 72.9 Å². The molecule has 0 N–H and O–H groups in total. The average molecular weight is 364 g/mol. The van der Waals surface area contributed by atoms with Crippen LogP contribution in [0, 0.1) is 5.82 Å². The molecule has 1 aromatic heterocycles. The first kappa shape index (κ1) is 18.9. The van der Waals surface area contributed by atoms with Crippen molar-refractivity contribution in [2.24, 2.45) is 0 Å². The maximum Gasteiger partial charge on any atom is 0.254 e. The van der Waals surface area contributed by atoms with E-state index in [9.17, 15) is 9.18 Å². The zero-order valence-corrected chi connectivity index (χ0v) is 15.6. The van der Waals surface area contributed by atoms with Crippen molar-refractivity contribution < 1.29 is 9.18 Å². The van der Waals surface area contributed by atoms with Gasteiger partial charge in [0.05, 0.1) is 6.54 Å². The van der Waals surface area contributed by atoms with Crippen LogP contribution in [-0.2, 0) is 13.1 Å². The Kier molecular flexibility index (Phi) is 6.42. The van der Waals surface area contributed by atoms with E-state index in [0.717, 1.165) is 30.6 Å². The van der Waals surface area contributed by atoms with Crippen molar-refractivity contribution >= 4 is 5.91 Å².